The average Bonchev–Trinajstić information content (AvgIpc) is 3.01. The van der Waals surface area contributed by atoms with Crippen LogP contribution in [0.1, 0.15) is 27.2 Å². The van der Waals surface area contributed by atoms with Gasteiger partial charge in [0.1, 0.15) is 0 Å². The van der Waals surface area contributed by atoms with E-state index in [1.165, 1.54) is 11.6 Å². The number of halogens is 1. The monoisotopic (exact) mass is 402 g/mol. The standard InChI is InChI=1S/C17H30N6O3.ClH/c1-6-12(11-24)18-16-19-14-13(15(25)21(5)17(26)20(14)4)23(16)10-9-22(7-2)8-3;/h12,24H,6-11H2,1-5H3,(H,18,19);1H. The Balaban J connectivity index is 0.00000364. The molecule has 9 nitrogen and oxygen atoms in total. The predicted molar refractivity (Wildman–Crippen MR) is 110 cm³/mol. The Morgan fingerprint density at radius 1 is 1.15 bits per heavy atom. The second kappa shape index (κ2) is 9.91. The number of rotatable bonds is 9. The highest BCUT2D eigenvalue weighted by molar-refractivity contribution is 5.85. The van der Waals surface area contributed by atoms with Crippen molar-refractivity contribution in [2.45, 2.75) is 39.8 Å². The third-order valence-electron chi connectivity index (χ3n) is 4.93. The molecule has 0 aliphatic rings. The number of hydrogen-bond donors (Lipinski definition) is 2. The lowest BCUT2D eigenvalue weighted by atomic mass is 10.2. The zero-order valence-electron chi connectivity index (χ0n) is 16.7. The third kappa shape index (κ3) is 4.53. The van der Waals surface area contributed by atoms with Gasteiger partial charge in [-0.05, 0) is 19.5 Å². The zero-order chi connectivity index (χ0) is 19.4. The predicted octanol–water partition coefficient (Wildman–Crippen LogP) is 0.380. The normalized spacial score (nSPS) is 12.4. The topological polar surface area (TPSA) is 97.3 Å². The number of nitrogens with one attached hydrogen (secondary N) is 1. The lowest BCUT2D eigenvalue weighted by Gasteiger charge is -2.20. The van der Waals surface area contributed by atoms with Gasteiger partial charge in [-0.1, -0.05) is 20.8 Å². The summed E-state index contributed by atoms with van der Waals surface area (Å²) in [5, 5.41) is 12.7. The maximum atomic E-state index is 12.7. The van der Waals surface area contributed by atoms with E-state index in [4.69, 9.17) is 0 Å². The summed E-state index contributed by atoms with van der Waals surface area (Å²) in [5.74, 6) is 0.506. The van der Waals surface area contributed by atoms with Crippen LogP contribution in [-0.4, -0.2) is 61.0 Å². The van der Waals surface area contributed by atoms with E-state index >= 15 is 0 Å². The van der Waals surface area contributed by atoms with Crippen molar-refractivity contribution < 1.29 is 5.11 Å². The molecule has 0 aliphatic carbocycles. The molecule has 2 rings (SSSR count). The molecular formula is C17H31ClN6O3. The highest BCUT2D eigenvalue weighted by Gasteiger charge is 2.20. The summed E-state index contributed by atoms with van der Waals surface area (Å²) < 4.78 is 4.31. The molecule has 2 aromatic rings. The van der Waals surface area contributed by atoms with E-state index < -0.39 is 5.69 Å². The minimum absolute atomic E-state index is 0. The third-order valence-corrected chi connectivity index (χ3v) is 4.93. The van der Waals surface area contributed by atoms with Crippen molar-refractivity contribution in [1.82, 2.24) is 23.6 Å². The van der Waals surface area contributed by atoms with Crippen molar-refractivity contribution in [3.8, 4) is 0 Å². The number of likely N-dealkylation sites (N-methyl/N-ethyl adjacent to an activating group) is 1. The molecule has 2 aromatic heterocycles. The van der Waals surface area contributed by atoms with E-state index in [-0.39, 0.29) is 30.6 Å². The number of anilines is 1. The molecule has 0 fully saturated rings. The summed E-state index contributed by atoms with van der Waals surface area (Å²) in [6, 6.07) is -0.167. The zero-order valence-corrected chi connectivity index (χ0v) is 17.5. The van der Waals surface area contributed by atoms with Gasteiger partial charge in [0.25, 0.3) is 5.56 Å². The first-order valence-electron chi connectivity index (χ1n) is 9.15. The number of aliphatic hydroxyl groups is 1. The molecule has 2 heterocycles. The van der Waals surface area contributed by atoms with E-state index in [2.05, 4.69) is 29.0 Å². The van der Waals surface area contributed by atoms with Crippen molar-refractivity contribution in [2.24, 2.45) is 14.1 Å². The Bertz CT molecular complexity index is 864. The van der Waals surface area contributed by atoms with Crippen LogP contribution in [0.5, 0.6) is 0 Å². The Kier molecular flexibility index (Phi) is 8.52. The van der Waals surface area contributed by atoms with E-state index in [1.807, 2.05) is 11.5 Å². The van der Waals surface area contributed by atoms with Gasteiger partial charge >= 0.3 is 5.69 Å². The second-order valence-electron chi connectivity index (χ2n) is 6.42. The Morgan fingerprint density at radius 3 is 2.30 bits per heavy atom. The van der Waals surface area contributed by atoms with Crippen LogP contribution in [-0.2, 0) is 20.6 Å². The number of nitrogens with zero attached hydrogens (tertiary/aromatic N) is 5. The maximum absolute atomic E-state index is 12.7. The SMILES string of the molecule is CCC(CO)Nc1nc2c(c(=O)n(C)c(=O)n2C)n1CCN(CC)CC.Cl. The summed E-state index contributed by atoms with van der Waals surface area (Å²) in [5.41, 5.74) is -0.0122. The van der Waals surface area contributed by atoms with Crippen LogP contribution in [0.2, 0.25) is 0 Å². The first kappa shape index (κ1) is 23.2. The van der Waals surface area contributed by atoms with Gasteiger partial charge in [0.15, 0.2) is 11.2 Å². The van der Waals surface area contributed by atoms with Crippen molar-refractivity contribution in [1.29, 1.82) is 0 Å². The van der Waals surface area contributed by atoms with Crippen LogP contribution in [0, 0.1) is 0 Å². The second-order valence-corrected chi connectivity index (χ2v) is 6.42. The smallest absolute Gasteiger partial charge is 0.332 e. The summed E-state index contributed by atoms with van der Waals surface area (Å²) in [4.78, 5) is 31.7. The van der Waals surface area contributed by atoms with E-state index in [0.29, 0.717) is 30.1 Å². The Hall–Kier alpha value is -1.84. The molecule has 1 atom stereocenters. The van der Waals surface area contributed by atoms with Crippen molar-refractivity contribution >= 4 is 29.5 Å². The molecule has 0 saturated carbocycles. The van der Waals surface area contributed by atoms with Gasteiger partial charge in [0, 0.05) is 27.2 Å². The molecule has 2 N–H and O–H groups in total. The number of aliphatic hydroxyl groups excluding tert-OH is 1. The van der Waals surface area contributed by atoms with Crippen molar-refractivity contribution in [2.75, 3.05) is 31.6 Å². The number of imidazole rings is 1. The summed E-state index contributed by atoms with van der Waals surface area (Å²) >= 11 is 0. The van der Waals surface area contributed by atoms with Gasteiger partial charge in [-0.3, -0.25) is 13.9 Å². The molecule has 0 aromatic carbocycles. The van der Waals surface area contributed by atoms with Crippen LogP contribution in [0.3, 0.4) is 0 Å². The largest absolute Gasteiger partial charge is 0.394 e. The van der Waals surface area contributed by atoms with Crippen molar-refractivity contribution in [3.63, 3.8) is 0 Å². The molecule has 0 spiro atoms. The van der Waals surface area contributed by atoms with Crippen LogP contribution in [0.4, 0.5) is 5.95 Å². The van der Waals surface area contributed by atoms with Crippen LogP contribution < -0.4 is 16.6 Å². The summed E-state index contributed by atoms with van der Waals surface area (Å²) in [7, 11) is 3.08. The average molecular weight is 403 g/mol. The van der Waals surface area contributed by atoms with Crippen LogP contribution in [0.25, 0.3) is 11.2 Å². The van der Waals surface area contributed by atoms with Crippen LogP contribution >= 0.6 is 12.4 Å². The summed E-state index contributed by atoms with van der Waals surface area (Å²) in [6.07, 6.45) is 0.715. The Labute approximate surface area is 165 Å². The fourth-order valence-electron chi connectivity index (χ4n) is 3.02. The lowest BCUT2D eigenvalue weighted by Crippen LogP contribution is -2.38. The Morgan fingerprint density at radius 2 is 1.78 bits per heavy atom. The minimum Gasteiger partial charge on any atom is -0.394 e. The lowest BCUT2D eigenvalue weighted by molar-refractivity contribution is 0.270. The molecule has 1 unspecified atom stereocenters. The van der Waals surface area contributed by atoms with Crippen LogP contribution in [0.15, 0.2) is 9.59 Å². The van der Waals surface area contributed by atoms with E-state index in [0.717, 1.165) is 24.2 Å². The number of aryl methyl sites for hydroxylation is 1. The number of hydrogen-bond acceptors (Lipinski definition) is 6. The van der Waals surface area contributed by atoms with E-state index in [1.54, 1.807) is 7.05 Å². The molecule has 0 saturated heterocycles. The number of fused-ring (bicyclic) bond motifs is 1. The quantitative estimate of drug-likeness (QED) is 0.629. The van der Waals surface area contributed by atoms with E-state index in [9.17, 15) is 14.7 Å². The first-order chi connectivity index (χ1) is 12.4. The fourth-order valence-corrected chi connectivity index (χ4v) is 3.02. The first-order valence-corrected chi connectivity index (χ1v) is 9.15. The maximum Gasteiger partial charge on any atom is 0.332 e. The molecule has 0 aliphatic heterocycles. The molecule has 0 amide bonds. The van der Waals surface area contributed by atoms with Gasteiger partial charge in [0.2, 0.25) is 5.95 Å². The van der Waals surface area contributed by atoms with Gasteiger partial charge in [-0.25, -0.2) is 4.79 Å². The highest BCUT2D eigenvalue weighted by Crippen LogP contribution is 2.17. The number of aromatic nitrogens is 4. The molecule has 0 bridgehead atoms. The molecule has 10 heteroatoms. The molecule has 154 valence electrons. The van der Waals surface area contributed by atoms with Crippen molar-refractivity contribution in [3.05, 3.63) is 20.8 Å². The molecule has 0 radical (unpaired) electrons. The van der Waals surface area contributed by atoms with Gasteiger partial charge in [-0.2, -0.15) is 4.98 Å². The fraction of sp³-hybridized carbons (Fsp3) is 0.706. The highest BCUT2D eigenvalue weighted by atomic mass is 35.5. The summed E-state index contributed by atoms with van der Waals surface area (Å²) in [6.45, 7) is 9.27. The minimum atomic E-state index is -0.406. The van der Waals surface area contributed by atoms with Gasteiger partial charge in [-0.15, -0.1) is 12.4 Å². The van der Waals surface area contributed by atoms with Gasteiger partial charge in [0.05, 0.1) is 12.6 Å². The van der Waals surface area contributed by atoms with Gasteiger partial charge < -0.3 is 19.9 Å². The molecular weight excluding hydrogens is 372 g/mol. The molecule has 27 heavy (non-hydrogen) atoms.